The summed E-state index contributed by atoms with van der Waals surface area (Å²) in [5.41, 5.74) is 5.88. The molecule has 0 saturated heterocycles. The number of aryl methyl sites for hydroxylation is 2. The summed E-state index contributed by atoms with van der Waals surface area (Å²) in [5, 5.41) is 3.27. The molecule has 1 N–H and O–H groups in total. The summed E-state index contributed by atoms with van der Waals surface area (Å²) in [6, 6.07) is 12.2. The Labute approximate surface area is 172 Å². The van der Waals surface area contributed by atoms with Crippen LogP contribution >= 0.6 is 0 Å². The summed E-state index contributed by atoms with van der Waals surface area (Å²) >= 11 is 0. The van der Waals surface area contributed by atoms with E-state index < -0.39 is 0 Å². The summed E-state index contributed by atoms with van der Waals surface area (Å²) in [5.74, 6) is 0.729. The van der Waals surface area contributed by atoms with Crippen LogP contribution < -0.4 is 5.32 Å². The molecule has 0 saturated carbocycles. The van der Waals surface area contributed by atoms with E-state index in [4.69, 9.17) is 0 Å². The highest BCUT2D eigenvalue weighted by molar-refractivity contribution is 5.94. The first kappa shape index (κ1) is 20.3. The van der Waals surface area contributed by atoms with Crippen molar-refractivity contribution in [3.05, 3.63) is 83.4 Å². The van der Waals surface area contributed by atoms with Crippen LogP contribution in [0.1, 0.15) is 34.0 Å². The van der Waals surface area contributed by atoms with Gasteiger partial charge in [0, 0.05) is 50.0 Å². The number of rotatable bonds is 6. The van der Waals surface area contributed by atoms with Gasteiger partial charge in [-0.15, -0.1) is 0 Å². The molecule has 2 heterocycles. The molecule has 3 aromatic rings. The Morgan fingerprint density at radius 1 is 1.10 bits per heavy atom. The van der Waals surface area contributed by atoms with Gasteiger partial charge in [0.25, 0.3) is 5.91 Å². The van der Waals surface area contributed by atoms with Gasteiger partial charge in [-0.1, -0.05) is 31.2 Å². The minimum Gasteiger partial charge on any atom is -0.346 e. The number of aromatic nitrogens is 2. The zero-order valence-corrected chi connectivity index (χ0v) is 17.3. The van der Waals surface area contributed by atoms with Gasteiger partial charge in [-0.05, 0) is 48.2 Å². The Balaban J connectivity index is 1.78. The second kappa shape index (κ2) is 9.15. The van der Waals surface area contributed by atoms with Gasteiger partial charge in [0.05, 0.1) is 5.56 Å². The Morgan fingerprint density at radius 3 is 2.59 bits per heavy atom. The summed E-state index contributed by atoms with van der Waals surface area (Å²) in [7, 11) is 3.46. The molecule has 1 aromatic carbocycles. The Hall–Kier alpha value is -3.47. The van der Waals surface area contributed by atoms with Crippen molar-refractivity contribution in [2.24, 2.45) is 0 Å². The molecule has 0 atom stereocenters. The lowest BCUT2D eigenvalue weighted by atomic mass is 10.1. The van der Waals surface area contributed by atoms with Gasteiger partial charge >= 0.3 is 0 Å². The van der Waals surface area contributed by atoms with Crippen LogP contribution in [0.4, 0.5) is 5.82 Å². The van der Waals surface area contributed by atoms with Crippen molar-refractivity contribution >= 4 is 17.8 Å². The summed E-state index contributed by atoms with van der Waals surface area (Å²) in [6.07, 6.45) is 10.1. The fraction of sp³-hybridized carbons (Fsp3) is 0.208. The third-order valence-corrected chi connectivity index (χ3v) is 4.72. The van der Waals surface area contributed by atoms with E-state index in [1.54, 1.807) is 37.6 Å². The Bertz CT molecular complexity index is 1040. The van der Waals surface area contributed by atoms with Crippen molar-refractivity contribution in [3.63, 3.8) is 0 Å². The largest absolute Gasteiger partial charge is 0.346 e. The number of nitrogens with one attached hydrogen (secondary N) is 1. The van der Waals surface area contributed by atoms with Gasteiger partial charge < -0.3 is 10.2 Å². The van der Waals surface area contributed by atoms with E-state index in [0.717, 1.165) is 28.9 Å². The normalized spacial score (nSPS) is 10.9. The van der Waals surface area contributed by atoms with Crippen molar-refractivity contribution in [3.8, 4) is 11.1 Å². The number of pyridine rings is 2. The topological polar surface area (TPSA) is 58.1 Å². The molecular weight excluding hydrogens is 360 g/mol. The van der Waals surface area contributed by atoms with E-state index in [1.807, 2.05) is 31.3 Å². The van der Waals surface area contributed by atoms with Crippen LogP contribution in [0.3, 0.4) is 0 Å². The molecule has 0 aliphatic rings. The smallest absolute Gasteiger partial charge is 0.254 e. The van der Waals surface area contributed by atoms with Gasteiger partial charge in [-0.2, -0.15) is 0 Å². The number of carbonyl (C=O) groups excluding carboxylic acids is 1. The van der Waals surface area contributed by atoms with Crippen LogP contribution in [0.15, 0.2) is 61.2 Å². The predicted molar refractivity (Wildman–Crippen MR) is 119 cm³/mol. The maximum absolute atomic E-state index is 12.2. The molecule has 3 rings (SSSR count). The average molecular weight is 386 g/mol. The molecule has 0 aliphatic heterocycles. The minimum absolute atomic E-state index is 0.0696. The molecular formula is C24H26N4O. The summed E-state index contributed by atoms with van der Waals surface area (Å²) < 4.78 is 0. The van der Waals surface area contributed by atoms with Crippen molar-refractivity contribution < 1.29 is 4.79 Å². The molecule has 0 radical (unpaired) electrons. The number of benzene rings is 1. The number of nitrogens with zero attached hydrogens (tertiary/aromatic N) is 3. The zero-order valence-electron chi connectivity index (χ0n) is 17.3. The highest BCUT2D eigenvalue weighted by atomic mass is 16.2. The van der Waals surface area contributed by atoms with Crippen LogP contribution in [0.25, 0.3) is 17.2 Å². The Morgan fingerprint density at radius 2 is 1.86 bits per heavy atom. The fourth-order valence-electron chi connectivity index (χ4n) is 3.09. The third-order valence-electron chi connectivity index (χ3n) is 4.72. The maximum Gasteiger partial charge on any atom is 0.254 e. The van der Waals surface area contributed by atoms with Crippen molar-refractivity contribution in [2.75, 3.05) is 19.4 Å². The van der Waals surface area contributed by atoms with Crippen LogP contribution in [0.5, 0.6) is 0 Å². The summed E-state index contributed by atoms with van der Waals surface area (Å²) in [6.45, 7) is 4.16. The van der Waals surface area contributed by atoms with Gasteiger partial charge in [0.2, 0.25) is 0 Å². The molecule has 0 unspecified atom stereocenters. The SMILES string of the molecule is CCc1ccccc1/C=C/Nc1ncc(-c2cncc(C(=O)N(C)C)c2)cc1C. The first-order valence-electron chi connectivity index (χ1n) is 9.64. The quantitative estimate of drug-likeness (QED) is 0.661. The molecule has 0 spiro atoms. The second-order valence-corrected chi connectivity index (χ2v) is 7.08. The van der Waals surface area contributed by atoms with Crippen LogP contribution in [-0.4, -0.2) is 34.9 Å². The van der Waals surface area contributed by atoms with Crippen molar-refractivity contribution in [2.45, 2.75) is 20.3 Å². The number of hydrogen-bond acceptors (Lipinski definition) is 4. The van der Waals surface area contributed by atoms with E-state index >= 15 is 0 Å². The zero-order chi connectivity index (χ0) is 20.8. The number of carbonyl (C=O) groups is 1. The number of amides is 1. The lowest BCUT2D eigenvalue weighted by Gasteiger charge is -2.11. The van der Waals surface area contributed by atoms with Gasteiger partial charge in [0.1, 0.15) is 5.82 Å². The number of anilines is 1. The lowest BCUT2D eigenvalue weighted by molar-refractivity contribution is 0.0827. The van der Waals surface area contributed by atoms with E-state index in [1.165, 1.54) is 11.1 Å². The van der Waals surface area contributed by atoms with Gasteiger partial charge in [-0.3, -0.25) is 9.78 Å². The molecule has 148 valence electrons. The van der Waals surface area contributed by atoms with Crippen LogP contribution in [-0.2, 0) is 6.42 Å². The predicted octanol–water partition coefficient (Wildman–Crippen LogP) is 4.80. The second-order valence-electron chi connectivity index (χ2n) is 7.08. The number of hydrogen-bond donors (Lipinski definition) is 1. The van der Waals surface area contributed by atoms with E-state index in [9.17, 15) is 4.79 Å². The maximum atomic E-state index is 12.2. The van der Waals surface area contributed by atoms with Gasteiger partial charge in [0.15, 0.2) is 0 Å². The first-order valence-corrected chi connectivity index (χ1v) is 9.64. The highest BCUT2D eigenvalue weighted by Crippen LogP contribution is 2.23. The van der Waals surface area contributed by atoms with Crippen LogP contribution in [0.2, 0.25) is 0 Å². The van der Waals surface area contributed by atoms with Crippen molar-refractivity contribution in [1.82, 2.24) is 14.9 Å². The molecule has 5 nitrogen and oxygen atoms in total. The summed E-state index contributed by atoms with van der Waals surface area (Å²) in [4.78, 5) is 22.5. The fourth-order valence-corrected chi connectivity index (χ4v) is 3.09. The highest BCUT2D eigenvalue weighted by Gasteiger charge is 2.10. The third kappa shape index (κ3) is 4.88. The molecule has 0 aliphatic carbocycles. The standard InChI is InChI=1S/C24H26N4O/c1-5-18-8-6-7-9-19(18)10-11-26-23-17(2)12-20(16-27-23)21-13-22(15-25-14-21)24(29)28(3)4/h6-16H,5H2,1-4H3,(H,26,27)/b11-10+. The monoisotopic (exact) mass is 386 g/mol. The van der Waals surface area contributed by atoms with E-state index in [0.29, 0.717) is 5.56 Å². The molecule has 5 heteroatoms. The molecule has 0 fully saturated rings. The molecule has 1 amide bonds. The molecule has 0 bridgehead atoms. The van der Waals surface area contributed by atoms with E-state index in [-0.39, 0.29) is 5.91 Å². The van der Waals surface area contributed by atoms with Crippen molar-refractivity contribution in [1.29, 1.82) is 0 Å². The average Bonchev–Trinajstić information content (AvgIpc) is 2.74. The Kier molecular flexibility index (Phi) is 6.39. The first-order chi connectivity index (χ1) is 14.0. The minimum atomic E-state index is -0.0696. The lowest BCUT2D eigenvalue weighted by Crippen LogP contribution is -2.21. The molecule has 2 aromatic heterocycles. The van der Waals surface area contributed by atoms with Crippen LogP contribution in [0, 0.1) is 6.92 Å². The molecule has 29 heavy (non-hydrogen) atoms. The van der Waals surface area contributed by atoms with Gasteiger partial charge in [-0.25, -0.2) is 4.98 Å². The van der Waals surface area contributed by atoms with E-state index in [2.05, 4.69) is 46.5 Å².